The maximum atomic E-state index is 12.5. The normalized spacial score (nSPS) is 24.4. The molecule has 6 heteroatoms. The molecule has 25 heavy (non-hydrogen) atoms. The number of amides is 2. The van der Waals surface area contributed by atoms with Crippen molar-refractivity contribution < 1.29 is 14.3 Å². The molecule has 2 N–H and O–H groups in total. The monoisotopic (exact) mass is 345 g/mol. The highest BCUT2D eigenvalue weighted by molar-refractivity contribution is 5.79. The van der Waals surface area contributed by atoms with Gasteiger partial charge < -0.3 is 15.4 Å². The van der Waals surface area contributed by atoms with Gasteiger partial charge in [-0.25, -0.2) is 0 Å². The highest BCUT2D eigenvalue weighted by Crippen LogP contribution is 2.30. The molecule has 0 spiro atoms. The van der Waals surface area contributed by atoms with E-state index >= 15 is 0 Å². The molecule has 0 saturated carbocycles. The Balaban J connectivity index is 1.48. The smallest absolute Gasteiger partial charge is 0.227 e. The second-order valence-corrected chi connectivity index (χ2v) is 7.25. The maximum absolute atomic E-state index is 12.5. The van der Waals surface area contributed by atoms with Gasteiger partial charge in [-0.15, -0.1) is 0 Å². The van der Waals surface area contributed by atoms with E-state index in [1.165, 1.54) is 0 Å². The van der Waals surface area contributed by atoms with Crippen molar-refractivity contribution in [1.82, 2.24) is 9.88 Å². The first-order chi connectivity index (χ1) is 12.0. The van der Waals surface area contributed by atoms with Gasteiger partial charge in [-0.05, 0) is 55.7 Å². The van der Waals surface area contributed by atoms with Crippen LogP contribution in [0.2, 0.25) is 0 Å². The molecule has 1 aromatic rings. The number of nitrogens with two attached hydrogens (primary N) is 1. The molecule has 0 radical (unpaired) electrons. The Kier molecular flexibility index (Phi) is 5.68. The fourth-order valence-corrected chi connectivity index (χ4v) is 3.93. The van der Waals surface area contributed by atoms with Crippen molar-refractivity contribution >= 4 is 11.8 Å². The first kappa shape index (κ1) is 17.9. The largest absolute Gasteiger partial charge is 0.377 e. The molecule has 3 rings (SSSR count). The Labute approximate surface area is 148 Å². The molecule has 0 bridgehead atoms. The molecule has 0 unspecified atom stereocenters. The molecule has 2 fully saturated rings. The van der Waals surface area contributed by atoms with Crippen molar-refractivity contribution in [2.24, 2.45) is 17.6 Å². The van der Waals surface area contributed by atoms with E-state index in [1.54, 1.807) is 12.4 Å². The minimum Gasteiger partial charge on any atom is -0.377 e. The van der Waals surface area contributed by atoms with Crippen LogP contribution in [-0.4, -0.2) is 47.5 Å². The quantitative estimate of drug-likeness (QED) is 0.875. The van der Waals surface area contributed by atoms with Gasteiger partial charge in [-0.2, -0.15) is 0 Å². The highest BCUT2D eigenvalue weighted by Gasteiger charge is 2.35. The zero-order valence-corrected chi connectivity index (χ0v) is 14.8. The van der Waals surface area contributed by atoms with Crippen LogP contribution in [0.4, 0.5) is 0 Å². The van der Waals surface area contributed by atoms with E-state index in [-0.39, 0.29) is 23.8 Å². The summed E-state index contributed by atoms with van der Waals surface area (Å²) in [5.41, 5.74) is 7.57. The van der Waals surface area contributed by atoms with Gasteiger partial charge in [0.05, 0.1) is 18.4 Å². The van der Waals surface area contributed by atoms with E-state index in [0.717, 1.165) is 49.9 Å². The minimum atomic E-state index is -0.247. The third-order valence-corrected chi connectivity index (χ3v) is 5.59. The predicted octanol–water partition coefficient (Wildman–Crippen LogP) is 1.45. The summed E-state index contributed by atoms with van der Waals surface area (Å²) >= 11 is 0. The lowest BCUT2D eigenvalue weighted by atomic mass is 9.86. The number of nitrogens with zero attached hydrogens (tertiary/aromatic N) is 2. The number of primary amides is 1. The van der Waals surface area contributed by atoms with E-state index in [2.05, 4.69) is 4.98 Å². The molecular formula is C19H27N3O3. The second-order valence-electron chi connectivity index (χ2n) is 7.25. The summed E-state index contributed by atoms with van der Waals surface area (Å²) in [5, 5.41) is 0. The number of ether oxygens (including phenoxy) is 1. The number of hydrogen-bond donors (Lipinski definition) is 1. The number of pyridine rings is 1. The van der Waals surface area contributed by atoms with E-state index in [1.807, 2.05) is 17.9 Å². The summed E-state index contributed by atoms with van der Waals surface area (Å²) in [4.78, 5) is 30.0. The lowest BCUT2D eigenvalue weighted by Crippen LogP contribution is -2.40. The first-order valence-electron chi connectivity index (χ1n) is 9.12. The van der Waals surface area contributed by atoms with Crippen LogP contribution in [0.15, 0.2) is 18.5 Å². The Morgan fingerprint density at radius 2 is 2.08 bits per heavy atom. The molecule has 6 nitrogen and oxygen atoms in total. The highest BCUT2D eigenvalue weighted by atomic mass is 16.5. The summed E-state index contributed by atoms with van der Waals surface area (Å²) in [7, 11) is 0. The van der Waals surface area contributed by atoms with Gasteiger partial charge in [0, 0.05) is 32.1 Å². The fourth-order valence-electron chi connectivity index (χ4n) is 3.93. The summed E-state index contributed by atoms with van der Waals surface area (Å²) in [6, 6.07) is 1.92. The number of rotatable bonds is 5. The molecule has 3 heterocycles. The maximum Gasteiger partial charge on any atom is 0.227 e. The Bertz CT molecular complexity index is 626. The molecule has 2 amide bonds. The van der Waals surface area contributed by atoms with Gasteiger partial charge in [0.15, 0.2) is 0 Å². The van der Waals surface area contributed by atoms with Crippen LogP contribution >= 0.6 is 0 Å². The zero-order valence-electron chi connectivity index (χ0n) is 14.8. The Morgan fingerprint density at radius 1 is 1.32 bits per heavy atom. The number of aryl methyl sites for hydroxylation is 1. The number of piperidine rings is 1. The molecular weight excluding hydrogens is 318 g/mol. The van der Waals surface area contributed by atoms with Crippen LogP contribution in [0.3, 0.4) is 0 Å². The van der Waals surface area contributed by atoms with Gasteiger partial charge >= 0.3 is 0 Å². The number of likely N-dealkylation sites (tertiary alicyclic amines) is 1. The molecule has 2 saturated heterocycles. The number of carbonyl (C=O) groups is 2. The van der Waals surface area contributed by atoms with Crippen molar-refractivity contribution in [2.75, 3.05) is 19.7 Å². The van der Waals surface area contributed by atoms with Crippen molar-refractivity contribution in [3.8, 4) is 0 Å². The van der Waals surface area contributed by atoms with Crippen LogP contribution in [0, 0.1) is 18.8 Å². The summed E-state index contributed by atoms with van der Waals surface area (Å²) < 4.78 is 5.71. The standard InChI is InChI=1S/C19H27N3O3/c1-13-12-21-6-2-15(13)11-18(23)22-7-3-14(4-8-22)10-17-16(19(20)24)5-9-25-17/h2,6,12,14,16-17H,3-5,7-11H2,1H3,(H2,20,24)/t16-,17-/m1/s1. The fraction of sp³-hybridized carbons (Fsp3) is 0.632. The van der Waals surface area contributed by atoms with Crippen LogP contribution in [0.5, 0.6) is 0 Å². The van der Waals surface area contributed by atoms with E-state index in [9.17, 15) is 9.59 Å². The van der Waals surface area contributed by atoms with Crippen molar-refractivity contribution in [2.45, 2.75) is 45.1 Å². The van der Waals surface area contributed by atoms with E-state index in [4.69, 9.17) is 10.5 Å². The van der Waals surface area contributed by atoms with Crippen molar-refractivity contribution in [1.29, 1.82) is 0 Å². The predicted molar refractivity (Wildman–Crippen MR) is 93.6 cm³/mol. The molecule has 136 valence electrons. The minimum absolute atomic E-state index is 0.0378. The summed E-state index contributed by atoms with van der Waals surface area (Å²) in [6.07, 6.45) is 7.48. The van der Waals surface area contributed by atoms with Crippen LogP contribution < -0.4 is 5.73 Å². The van der Waals surface area contributed by atoms with Gasteiger partial charge in [-0.1, -0.05) is 0 Å². The lowest BCUT2D eigenvalue weighted by molar-refractivity contribution is -0.132. The number of hydrogen-bond acceptors (Lipinski definition) is 4. The Hall–Kier alpha value is -1.95. The lowest BCUT2D eigenvalue weighted by Gasteiger charge is -2.33. The average Bonchev–Trinajstić information content (AvgIpc) is 3.06. The van der Waals surface area contributed by atoms with Crippen LogP contribution in [0.25, 0.3) is 0 Å². The van der Waals surface area contributed by atoms with Crippen LogP contribution in [0.1, 0.15) is 36.8 Å². The summed E-state index contributed by atoms with van der Waals surface area (Å²) in [6.45, 7) is 4.17. The molecule has 1 aromatic heterocycles. The first-order valence-corrected chi connectivity index (χ1v) is 9.12. The van der Waals surface area contributed by atoms with Crippen LogP contribution in [-0.2, 0) is 20.7 Å². The molecule has 0 aromatic carbocycles. The van der Waals surface area contributed by atoms with Gasteiger partial charge in [0.25, 0.3) is 0 Å². The molecule has 2 aliphatic rings. The second kappa shape index (κ2) is 7.95. The summed E-state index contributed by atoms with van der Waals surface area (Å²) in [5.74, 6) is 0.286. The van der Waals surface area contributed by atoms with Gasteiger partial charge in [-0.3, -0.25) is 14.6 Å². The SMILES string of the molecule is Cc1cnccc1CC(=O)N1CCC(C[C@H]2OCC[C@H]2C(N)=O)CC1. The molecule has 2 atom stereocenters. The topological polar surface area (TPSA) is 85.5 Å². The molecule has 0 aliphatic carbocycles. The third kappa shape index (κ3) is 4.37. The third-order valence-electron chi connectivity index (χ3n) is 5.59. The average molecular weight is 345 g/mol. The Morgan fingerprint density at radius 3 is 2.76 bits per heavy atom. The van der Waals surface area contributed by atoms with Crippen molar-refractivity contribution in [3.63, 3.8) is 0 Å². The van der Waals surface area contributed by atoms with E-state index < -0.39 is 0 Å². The number of aromatic nitrogens is 1. The van der Waals surface area contributed by atoms with Gasteiger partial charge in [0.1, 0.15) is 0 Å². The van der Waals surface area contributed by atoms with Crippen molar-refractivity contribution in [3.05, 3.63) is 29.6 Å². The zero-order chi connectivity index (χ0) is 17.8. The van der Waals surface area contributed by atoms with E-state index in [0.29, 0.717) is 18.9 Å². The molecule has 2 aliphatic heterocycles. The number of carbonyl (C=O) groups excluding carboxylic acids is 2. The van der Waals surface area contributed by atoms with Gasteiger partial charge in [0.2, 0.25) is 11.8 Å².